The Morgan fingerprint density at radius 3 is 2.67 bits per heavy atom. The van der Waals surface area contributed by atoms with Gasteiger partial charge in [0.2, 0.25) is 0 Å². The number of fused-ring (bicyclic) bond motifs is 1. The average Bonchev–Trinajstić information content (AvgIpc) is 3.45. The number of nitrogens with one attached hydrogen (secondary N) is 1. The monoisotopic (exact) mass is 504 g/mol. The number of carbonyl (C=O) groups excluding carboxylic acids is 1. The highest BCUT2D eigenvalue weighted by atomic mass is 32.2. The molecule has 4 heterocycles. The molecule has 1 saturated carbocycles. The van der Waals surface area contributed by atoms with Crippen LogP contribution in [0.25, 0.3) is 11.7 Å². The maximum absolute atomic E-state index is 13.5. The SMILES string of the molecule is Cc1ccc2nc(NC3CCCC3)c(/C=C3/SC(=S)N(C4CCS(=O)(=O)C4)C3=O)c(=O)n2c1. The molecule has 5 rings (SSSR count). The van der Waals surface area contributed by atoms with E-state index in [1.807, 2.05) is 13.0 Å². The summed E-state index contributed by atoms with van der Waals surface area (Å²) in [5.74, 6) is 0.0799. The number of amides is 1. The maximum atomic E-state index is 13.5. The zero-order chi connectivity index (χ0) is 23.3. The molecule has 1 N–H and O–H groups in total. The van der Waals surface area contributed by atoms with Crippen LogP contribution in [0.3, 0.4) is 0 Å². The highest BCUT2D eigenvalue weighted by molar-refractivity contribution is 8.26. The van der Waals surface area contributed by atoms with E-state index < -0.39 is 15.9 Å². The van der Waals surface area contributed by atoms with Crippen molar-refractivity contribution in [3.63, 3.8) is 0 Å². The van der Waals surface area contributed by atoms with Gasteiger partial charge in [-0.25, -0.2) is 13.4 Å². The van der Waals surface area contributed by atoms with Crippen LogP contribution >= 0.6 is 24.0 Å². The summed E-state index contributed by atoms with van der Waals surface area (Å²) < 4.78 is 25.7. The van der Waals surface area contributed by atoms with Crippen LogP contribution in [-0.4, -0.2) is 56.5 Å². The number of rotatable bonds is 4. The number of aromatic nitrogens is 2. The summed E-state index contributed by atoms with van der Waals surface area (Å²) in [5, 5.41) is 3.42. The first kappa shape index (κ1) is 22.5. The van der Waals surface area contributed by atoms with Gasteiger partial charge in [-0.1, -0.05) is 42.9 Å². The van der Waals surface area contributed by atoms with Crippen LogP contribution in [0.15, 0.2) is 28.0 Å². The Balaban J connectivity index is 1.57. The predicted molar refractivity (Wildman–Crippen MR) is 134 cm³/mol. The summed E-state index contributed by atoms with van der Waals surface area (Å²) in [6, 6.07) is 3.49. The maximum Gasteiger partial charge on any atom is 0.267 e. The largest absolute Gasteiger partial charge is 0.367 e. The Bertz CT molecular complexity index is 1360. The fourth-order valence-corrected chi connectivity index (χ4v) is 7.75. The molecule has 2 saturated heterocycles. The Hall–Kier alpha value is -2.24. The number of pyridine rings is 1. The fraction of sp³-hybridized carbons (Fsp3) is 0.455. The van der Waals surface area contributed by atoms with E-state index in [9.17, 15) is 18.0 Å². The van der Waals surface area contributed by atoms with Crippen LogP contribution < -0.4 is 10.9 Å². The summed E-state index contributed by atoms with van der Waals surface area (Å²) in [4.78, 5) is 33.1. The number of thioether (sulfide) groups is 1. The predicted octanol–water partition coefficient (Wildman–Crippen LogP) is 2.75. The van der Waals surface area contributed by atoms with Gasteiger partial charge in [0.05, 0.1) is 28.0 Å². The van der Waals surface area contributed by atoms with Gasteiger partial charge in [0.15, 0.2) is 9.84 Å². The number of hydrogen-bond donors (Lipinski definition) is 1. The molecule has 0 bridgehead atoms. The molecule has 33 heavy (non-hydrogen) atoms. The van der Waals surface area contributed by atoms with E-state index in [0.29, 0.717) is 32.7 Å². The minimum Gasteiger partial charge on any atom is -0.367 e. The second-order valence-electron chi connectivity index (χ2n) is 8.85. The number of anilines is 1. The third-order valence-electron chi connectivity index (χ3n) is 6.37. The molecular weight excluding hydrogens is 480 g/mol. The van der Waals surface area contributed by atoms with Crippen molar-refractivity contribution in [3.05, 3.63) is 44.7 Å². The van der Waals surface area contributed by atoms with Crippen molar-refractivity contribution in [2.24, 2.45) is 0 Å². The summed E-state index contributed by atoms with van der Waals surface area (Å²) in [7, 11) is -3.17. The summed E-state index contributed by atoms with van der Waals surface area (Å²) in [6.45, 7) is 1.90. The minimum absolute atomic E-state index is 0.0541. The Morgan fingerprint density at radius 2 is 1.97 bits per heavy atom. The number of thiocarbonyl (C=S) groups is 1. The lowest BCUT2D eigenvalue weighted by Crippen LogP contribution is -2.39. The van der Waals surface area contributed by atoms with E-state index in [1.54, 1.807) is 18.3 Å². The quantitative estimate of drug-likeness (QED) is 0.501. The van der Waals surface area contributed by atoms with Gasteiger partial charge >= 0.3 is 0 Å². The van der Waals surface area contributed by atoms with Gasteiger partial charge in [0, 0.05) is 12.2 Å². The Labute approximate surface area is 201 Å². The summed E-state index contributed by atoms with van der Waals surface area (Å²) >= 11 is 6.52. The third-order valence-corrected chi connectivity index (χ3v) is 9.45. The van der Waals surface area contributed by atoms with E-state index in [1.165, 1.54) is 9.30 Å². The first-order chi connectivity index (χ1) is 15.7. The van der Waals surface area contributed by atoms with E-state index in [-0.39, 0.29) is 29.0 Å². The van der Waals surface area contributed by atoms with Gasteiger partial charge in [0.25, 0.3) is 11.5 Å². The zero-order valence-corrected chi connectivity index (χ0v) is 20.6. The molecule has 1 atom stereocenters. The van der Waals surface area contributed by atoms with Gasteiger partial charge in [-0.3, -0.25) is 18.9 Å². The van der Waals surface area contributed by atoms with Crippen LogP contribution in [-0.2, 0) is 14.6 Å². The normalized spacial score (nSPS) is 24.5. The lowest BCUT2D eigenvalue weighted by molar-refractivity contribution is -0.123. The summed E-state index contributed by atoms with van der Waals surface area (Å²) in [5.41, 5.74) is 1.50. The van der Waals surface area contributed by atoms with Crippen LogP contribution in [0.4, 0.5) is 5.82 Å². The average molecular weight is 505 g/mol. The van der Waals surface area contributed by atoms with Gasteiger partial charge in [-0.2, -0.15) is 0 Å². The molecule has 1 aliphatic carbocycles. The minimum atomic E-state index is -3.17. The van der Waals surface area contributed by atoms with Crippen LogP contribution in [0.1, 0.15) is 43.2 Å². The fourth-order valence-electron chi connectivity index (χ4n) is 4.67. The lowest BCUT2D eigenvalue weighted by atomic mass is 10.2. The van der Waals surface area contributed by atoms with Crippen LogP contribution in [0, 0.1) is 6.92 Å². The number of sulfone groups is 1. The van der Waals surface area contributed by atoms with Crippen molar-refractivity contribution >= 4 is 61.6 Å². The van der Waals surface area contributed by atoms with Gasteiger partial charge in [0.1, 0.15) is 15.8 Å². The van der Waals surface area contributed by atoms with Crippen molar-refractivity contribution < 1.29 is 13.2 Å². The molecule has 1 amide bonds. The molecule has 1 unspecified atom stereocenters. The number of carbonyl (C=O) groups is 1. The van der Waals surface area contributed by atoms with E-state index >= 15 is 0 Å². The second-order valence-corrected chi connectivity index (χ2v) is 12.8. The number of aryl methyl sites for hydroxylation is 1. The van der Waals surface area contributed by atoms with Crippen molar-refractivity contribution in [1.82, 2.24) is 14.3 Å². The lowest BCUT2D eigenvalue weighted by Gasteiger charge is -2.21. The van der Waals surface area contributed by atoms with Crippen molar-refractivity contribution in [2.45, 2.75) is 51.1 Å². The standard InChI is InChI=1S/C22H24N4O4S3/c1-13-6-7-18-24-19(23-14-4-2-3-5-14)16(20(27)25(18)11-13)10-17-21(28)26(22(31)32-17)15-8-9-33(29,30)12-15/h6-7,10-11,14-15,23H,2-5,8-9,12H2,1H3/b17-10+. The first-order valence-corrected chi connectivity index (χ1v) is 14.0. The molecule has 11 heteroatoms. The molecule has 2 aliphatic heterocycles. The first-order valence-electron chi connectivity index (χ1n) is 11.0. The Morgan fingerprint density at radius 1 is 1.21 bits per heavy atom. The molecule has 3 aliphatic rings. The summed E-state index contributed by atoms with van der Waals surface area (Å²) in [6.07, 6.45) is 7.93. The van der Waals surface area contributed by atoms with E-state index in [4.69, 9.17) is 17.2 Å². The van der Waals surface area contributed by atoms with Gasteiger partial charge in [-0.15, -0.1) is 0 Å². The molecule has 8 nitrogen and oxygen atoms in total. The number of nitrogens with zero attached hydrogens (tertiary/aromatic N) is 3. The molecule has 0 spiro atoms. The zero-order valence-electron chi connectivity index (χ0n) is 18.1. The van der Waals surface area contributed by atoms with Crippen LogP contribution in [0.5, 0.6) is 0 Å². The van der Waals surface area contributed by atoms with Crippen LogP contribution in [0.2, 0.25) is 0 Å². The van der Waals surface area contributed by atoms with Gasteiger partial charge < -0.3 is 5.32 Å². The van der Waals surface area contributed by atoms with E-state index in [2.05, 4.69) is 5.32 Å². The molecule has 2 aromatic rings. The highest BCUT2D eigenvalue weighted by Gasteiger charge is 2.42. The topological polar surface area (TPSA) is 101 Å². The Kier molecular flexibility index (Phi) is 5.82. The third kappa shape index (κ3) is 4.33. The van der Waals surface area contributed by atoms with E-state index in [0.717, 1.165) is 43.0 Å². The molecule has 3 fully saturated rings. The molecule has 0 radical (unpaired) electrons. The van der Waals surface area contributed by atoms with Crippen molar-refractivity contribution in [3.8, 4) is 0 Å². The molecular formula is C22H24N4O4S3. The molecule has 2 aromatic heterocycles. The van der Waals surface area contributed by atoms with Gasteiger partial charge in [-0.05, 0) is 43.9 Å². The molecule has 0 aromatic carbocycles. The molecule has 174 valence electrons. The highest BCUT2D eigenvalue weighted by Crippen LogP contribution is 2.36. The van der Waals surface area contributed by atoms with Crippen molar-refractivity contribution in [2.75, 3.05) is 16.8 Å². The smallest absolute Gasteiger partial charge is 0.267 e. The number of hydrogen-bond acceptors (Lipinski definition) is 8. The van der Waals surface area contributed by atoms with Crippen molar-refractivity contribution in [1.29, 1.82) is 0 Å². The second kappa shape index (κ2) is 8.52.